The van der Waals surface area contributed by atoms with Crippen LogP contribution >= 0.6 is 11.6 Å². The molecule has 0 amide bonds. The molecule has 0 N–H and O–H groups in total. The molecule has 0 aliphatic carbocycles. The molecule has 0 fully saturated rings. The predicted octanol–water partition coefficient (Wildman–Crippen LogP) is 4.53. The van der Waals surface area contributed by atoms with Gasteiger partial charge in [-0.3, -0.25) is 0 Å². The summed E-state index contributed by atoms with van der Waals surface area (Å²) in [6, 6.07) is 8.72. The summed E-state index contributed by atoms with van der Waals surface area (Å²) in [7, 11) is 0. The minimum absolute atomic E-state index is 0.605. The Morgan fingerprint density at radius 2 is 1.87 bits per heavy atom. The first-order valence-corrected chi connectivity index (χ1v) is 5.97. The summed E-state index contributed by atoms with van der Waals surface area (Å²) in [6.45, 7) is 6.53. The van der Waals surface area contributed by atoms with Gasteiger partial charge in [0.15, 0.2) is 0 Å². The summed E-state index contributed by atoms with van der Waals surface area (Å²) < 4.78 is 0. The van der Waals surface area contributed by atoms with Gasteiger partial charge in [0.1, 0.15) is 0 Å². The summed E-state index contributed by atoms with van der Waals surface area (Å²) in [5.41, 5.74) is 3.85. The van der Waals surface area contributed by atoms with Crippen molar-refractivity contribution in [3.8, 4) is 0 Å². The number of hydrogen-bond donors (Lipinski definition) is 0. The monoisotopic (exact) mass is 222 g/mol. The average molecular weight is 223 g/mol. The average Bonchev–Trinajstić information content (AvgIpc) is 2.20. The SMILES string of the molecule is CC(=Cc1ccc(CC(C)C)cc1)CCl. The topological polar surface area (TPSA) is 0 Å². The van der Waals surface area contributed by atoms with Crippen LogP contribution in [0.1, 0.15) is 31.9 Å². The zero-order valence-corrected chi connectivity index (χ0v) is 10.5. The van der Waals surface area contributed by atoms with Crippen LogP contribution in [-0.4, -0.2) is 5.88 Å². The van der Waals surface area contributed by atoms with E-state index in [0.717, 1.165) is 12.3 Å². The fourth-order valence-electron chi connectivity index (χ4n) is 1.54. The quantitative estimate of drug-likeness (QED) is 0.657. The standard InChI is InChI=1S/C14H19Cl/c1-11(2)8-13-4-6-14(7-5-13)9-12(3)10-15/h4-7,9,11H,8,10H2,1-3H3. The Bertz CT molecular complexity index is 320. The Hall–Kier alpha value is -0.750. The van der Waals surface area contributed by atoms with Crippen molar-refractivity contribution in [1.29, 1.82) is 0 Å². The molecule has 0 saturated heterocycles. The van der Waals surface area contributed by atoms with Gasteiger partial charge in [-0.25, -0.2) is 0 Å². The zero-order valence-electron chi connectivity index (χ0n) is 9.76. The Morgan fingerprint density at radius 1 is 1.27 bits per heavy atom. The predicted molar refractivity (Wildman–Crippen MR) is 69.4 cm³/mol. The zero-order chi connectivity index (χ0) is 11.3. The van der Waals surface area contributed by atoms with Crippen molar-refractivity contribution in [2.75, 3.05) is 5.88 Å². The fraction of sp³-hybridized carbons (Fsp3) is 0.429. The normalized spacial score (nSPS) is 12.2. The van der Waals surface area contributed by atoms with Gasteiger partial charge in [-0.2, -0.15) is 0 Å². The molecule has 15 heavy (non-hydrogen) atoms. The largest absolute Gasteiger partial charge is 0.122 e. The van der Waals surface area contributed by atoms with Crippen molar-refractivity contribution >= 4 is 17.7 Å². The van der Waals surface area contributed by atoms with Gasteiger partial charge in [0, 0.05) is 5.88 Å². The molecule has 0 aliphatic heterocycles. The van der Waals surface area contributed by atoms with Gasteiger partial charge in [0.2, 0.25) is 0 Å². The number of allylic oxidation sites excluding steroid dienone is 1. The van der Waals surface area contributed by atoms with Crippen LogP contribution < -0.4 is 0 Å². The Labute approximate surface area is 98.0 Å². The summed E-state index contributed by atoms with van der Waals surface area (Å²) >= 11 is 5.73. The number of alkyl halides is 1. The van der Waals surface area contributed by atoms with Gasteiger partial charge in [-0.1, -0.05) is 49.8 Å². The van der Waals surface area contributed by atoms with E-state index >= 15 is 0 Å². The van der Waals surface area contributed by atoms with Gasteiger partial charge >= 0.3 is 0 Å². The minimum Gasteiger partial charge on any atom is -0.122 e. The van der Waals surface area contributed by atoms with Crippen molar-refractivity contribution in [2.45, 2.75) is 27.2 Å². The van der Waals surface area contributed by atoms with Crippen molar-refractivity contribution in [2.24, 2.45) is 5.92 Å². The molecule has 0 spiro atoms. The van der Waals surface area contributed by atoms with Crippen LogP contribution in [0.15, 0.2) is 29.8 Å². The van der Waals surface area contributed by atoms with E-state index in [2.05, 4.69) is 51.1 Å². The minimum atomic E-state index is 0.605. The van der Waals surface area contributed by atoms with Crippen molar-refractivity contribution in [3.63, 3.8) is 0 Å². The molecule has 0 aliphatic rings. The third-order valence-electron chi connectivity index (χ3n) is 2.25. The summed E-state index contributed by atoms with van der Waals surface area (Å²) in [6.07, 6.45) is 3.28. The smallest absolute Gasteiger partial charge is 0.0434 e. The lowest BCUT2D eigenvalue weighted by Crippen LogP contribution is -1.93. The third kappa shape index (κ3) is 4.53. The molecule has 0 heterocycles. The second-order valence-corrected chi connectivity index (χ2v) is 4.73. The molecular formula is C14H19Cl. The highest BCUT2D eigenvalue weighted by Gasteiger charge is 1.97. The lowest BCUT2D eigenvalue weighted by molar-refractivity contribution is 0.647. The van der Waals surface area contributed by atoms with E-state index in [9.17, 15) is 0 Å². The Kier molecular flexibility index (Phi) is 4.90. The molecule has 0 unspecified atom stereocenters. The first-order valence-electron chi connectivity index (χ1n) is 5.44. The first kappa shape index (κ1) is 12.3. The van der Waals surface area contributed by atoms with Crippen LogP contribution in [0.5, 0.6) is 0 Å². The summed E-state index contributed by atoms with van der Waals surface area (Å²) in [4.78, 5) is 0. The molecule has 1 aromatic carbocycles. The van der Waals surface area contributed by atoms with E-state index in [-0.39, 0.29) is 0 Å². The third-order valence-corrected chi connectivity index (χ3v) is 2.67. The lowest BCUT2D eigenvalue weighted by atomic mass is 10.0. The highest BCUT2D eigenvalue weighted by Crippen LogP contribution is 2.12. The van der Waals surface area contributed by atoms with Crippen molar-refractivity contribution in [1.82, 2.24) is 0 Å². The number of rotatable bonds is 4. The maximum Gasteiger partial charge on any atom is 0.0434 e. The molecule has 82 valence electrons. The van der Waals surface area contributed by atoms with Gasteiger partial charge < -0.3 is 0 Å². The van der Waals surface area contributed by atoms with Crippen molar-refractivity contribution in [3.05, 3.63) is 41.0 Å². The Balaban J connectivity index is 2.72. The second kappa shape index (κ2) is 5.97. The van der Waals surface area contributed by atoms with E-state index in [1.165, 1.54) is 16.7 Å². The fourth-order valence-corrected chi connectivity index (χ4v) is 1.62. The molecular weight excluding hydrogens is 204 g/mol. The molecule has 1 heteroatoms. The highest BCUT2D eigenvalue weighted by atomic mass is 35.5. The van der Waals surface area contributed by atoms with Gasteiger partial charge in [-0.05, 0) is 30.4 Å². The van der Waals surface area contributed by atoms with E-state index in [1.54, 1.807) is 0 Å². The van der Waals surface area contributed by atoms with Gasteiger partial charge in [0.05, 0.1) is 0 Å². The first-order chi connectivity index (χ1) is 7.11. The van der Waals surface area contributed by atoms with E-state index in [0.29, 0.717) is 5.88 Å². The number of hydrogen-bond acceptors (Lipinski definition) is 0. The molecule has 0 atom stereocenters. The molecule has 0 aromatic heterocycles. The summed E-state index contributed by atoms with van der Waals surface area (Å²) in [5, 5.41) is 0. The van der Waals surface area contributed by atoms with Crippen LogP contribution in [-0.2, 0) is 6.42 Å². The van der Waals surface area contributed by atoms with Crippen LogP contribution in [0, 0.1) is 5.92 Å². The molecule has 0 nitrogen and oxygen atoms in total. The van der Waals surface area contributed by atoms with Crippen LogP contribution in [0.4, 0.5) is 0 Å². The molecule has 0 bridgehead atoms. The van der Waals surface area contributed by atoms with Crippen LogP contribution in [0.3, 0.4) is 0 Å². The lowest BCUT2D eigenvalue weighted by Gasteiger charge is -2.05. The van der Waals surface area contributed by atoms with Crippen molar-refractivity contribution < 1.29 is 0 Å². The van der Waals surface area contributed by atoms with E-state index in [4.69, 9.17) is 11.6 Å². The van der Waals surface area contributed by atoms with E-state index in [1.807, 2.05) is 0 Å². The molecule has 1 aromatic rings. The second-order valence-electron chi connectivity index (χ2n) is 4.46. The van der Waals surface area contributed by atoms with Gasteiger partial charge in [0.25, 0.3) is 0 Å². The Morgan fingerprint density at radius 3 is 2.33 bits per heavy atom. The summed E-state index contributed by atoms with van der Waals surface area (Å²) in [5.74, 6) is 1.32. The van der Waals surface area contributed by atoms with Gasteiger partial charge in [-0.15, -0.1) is 11.6 Å². The molecule has 0 radical (unpaired) electrons. The molecule has 0 saturated carbocycles. The van der Waals surface area contributed by atoms with Crippen LogP contribution in [0.25, 0.3) is 6.08 Å². The highest BCUT2D eigenvalue weighted by molar-refractivity contribution is 6.19. The maximum absolute atomic E-state index is 5.73. The van der Waals surface area contributed by atoms with E-state index < -0.39 is 0 Å². The number of benzene rings is 1. The molecule has 1 rings (SSSR count). The number of halogens is 1. The van der Waals surface area contributed by atoms with Crippen LogP contribution in [0.2, 0.25) is 0 Å². The maximum atomic E-state index is 5.73.